The van der Waals surface area contributed by atoms with E-state index < -0.39 is 5.97 Å². The van der Waals surface area contributed by atoms with Crippen LogP contribution in [0.1, 0.15) is 11.1 Å². The molecule has 0 saturated carbocycles. The minimum Gasteiger partial charge on any atom is -0.482 e. The number of aliphatic carboxylic acids is 1. The average Bonchev–Trinajstić information content (AvgIpc) is 2.47. The van der Waals surface area contributed by atoms with E-state index in [0.29, 0.717) is 17.0 Å². The third-order valence-electron chi connectivity index (χ3n) is 3.13. The number of benzene rings is 2. The monoisotopic (exact) mass is 455 g/mol. The molecule has 0 aliphatic heterocycles. The predicted molar refractivity (Wildman–Crippen MR) is 98.5 cm³/mol. The normalized spacial score (nSPS) is 10.3. The van der Waals surface area contributed by atoms with E-state index in [1.165, 1.54) is 0 Å². The van der Waals surface area contributed by atoms with Crippen LogP contribution < -0.4 is 10.1 Å². The van der Waals surface area contributed by atoms with Crippen LogP contribution in [0, 0.1) is 6.92 Å². The number of aryl methyl sites for hydroxylation is 1. The summed E-state index contributed by atoms with van der Waals surface area (Å²) < 4.78 is 7.26. The number of rotatable bonds is 6. The zero-order valence-corrected chi connectivity index (χ0v) is 16.0. The standard InChI is InChI=1S/C17H15Br2NO4/c1-10-6-12(18)8-14(19)17(10)24-9-15(21)20-13-4-2-11(3-5-13)7-16(22)23/h2-6,8H,7,9H2,1H3,(H,20,21)(H,22,23). The predicted octanol–water partition coefficient (Wildman–Crippen LogP) is 4.16. The zero-order valence-electron chi connectivity index (χ0n) is 12.8. The van der Waals surface area contributed by atoms with E-state index >= 15 is 0 Å². The van der Waals surface area contributed by atoms with Crippen molar-refractivity contribution in [2.75, 3.05) is 11.9 Å². The maximum Gasteiger partial charge on any atom is 0.307 e. The van der Waals surface area contributed by atoms with Crippen LogP contribution in [0.2, 0.25) is 0 Å². The van der Waals surface area contributed by atoms with Crippen molar-refractivity contribution in [2.24, 2.45) is 0 Å². The number of halogens is 2. The molecule has 0 heterocycles. The summed E-state index contributed by atoms with van der Waals surface area (Å²) in [5.41, 5.74) is 2.16. The molecule has 0 radical (unpaired) electrons. The quantitative estimate of drug-likeness (QED) is 0.684. The Kier molecular flexibility index (Phi) is 6.39. The van der Waals surface area contributed by atoms with E-state index in [1.807, 2.05) is 19.1 Å². The molecule has 2 aromatic carbocycles. The summed E-state index contributed by atoms with van der Waals surface area (Å²) in [7, 11) is 0. The molecule has 5 nitrogen and oxygen atoms in total. The molecule has 2 aromatic rings. The number of amides is 1. The van der Waals surface area contributed by atoms with Crippen LogP contribution in [0.15, 0.2) is 45.3 Å². The van der Waals surface area contributed by atoms with Crippen molar-refractivity contribution >= 4 is 49.4 Å². The lowest BCUT2D eigenvalue weighted by atomic mass is 10.1. The van der Waals surface area contributed by atoms with Gasteiger partial charge in [-0.15, -0.1) is 0 Å². The van der Waals surface area contributed by atoms with Gasteiger partial charge in [-0.05, 0) is 58.2 Å². The summed E-state index contributed by atoms with van der Waals surface area (Å²) in [4.78, 5) is 22.6. The van der Waals surface area contributed by atoms with Gasteiger partial charge >= 0.3 is 5.97 Å². The van der Waals surface area contributed by atoms with Crippen molar-refractivity contribution in [1.29, 1.82) is 0 Å². The topological polar surface area (TPSA) is 75.6 Å². The molecule has 0 aliphatic rings. The Labute approximate surface area is 156 Å². The van der Waals surface area contributed by atoms with Crippen LogP contribution in [0.25, 0.3) is 0 Å². The molecular formula is C17H15Br2NO4. The summed E-state index contributed by atoms with van der Waals surface area (Å²) >= 11 is 6.80. The molecule has 24 heavy (non-hydrogen) atoms. The van der Waals surface area contributed by atoms with Gasteiger partial charge in [0.2, 0.25) is 0 Å². The number of hydrogen-bond acceptors (Lipinski definition) is 3. The van der Waals surface area contributed by atoms with Gasteiger partial charge in [0, 0.05) is 10.2 Å². The van der Waals surface area contributed by atoms with Crippen LogP contribution in [0.4, 0.5) is 5.69 Å². The smallest absolute Gasteiger partial charge is 0.307 e. The lowest BCUT2D eigenvalue weighted by molar-refractivity contribution is -0.136. The van der Waals surface area contributed by atoms with Gasteiger partial charge in [0.15, 0.2) is 6.61 Å². The van der Waals surface area contributed by atoms with Crippen molar-refractivity contribution in [1.82, 2.24) is 0 Å². The Morgan fingerprint density at radius 2 is 1.83 bits per heavy atom. The first-order chi connectivity index (χ1) is 11.3. The highest BCUT2D eigenvalue weighted by atomic mass is 79.9. The minimum absolute atomic E-state index is 0.0474. The van der Waals surface area contributed by atoms with E-state index in [-0.39, 0.29) is 18.9 Å². The first kappa shape index (κ1) is 18.5. The van der Waals surface area contributed by atoms with Crippen LogP contribution in [-0.2, 0) is 16.0 Å². The molecule has 2 N–H and O–H groups in total. The molecule has 2 rings (SSSR count). The SMILES string of the molecule is Cc1cc(Br)cc(Br)c1OCC(=O)Nc1ccc(CC(=O)O)cc1. The molecule has 0 bridgehead atoms. The molecule has 0 spiro atoms. The fraction of sp³-hybridized carbons (Fsp3) is 0.176. The molecule has 0 saturated heterocycles. The number of carboxylic acid groups (broad SMARTS) is 1. The van der Waals surface area contributed by atoms with Crippen LogP contribution >= 0.6 is 31.9 Å². The molecule has 126 valence electrons. The maximum atomic E-state index is 12.0. The molecule has 7 heteroatoms. The summed E-state index contributed by atoms with van der Waals surface area (Å²) in [5.74, 6) is -0.573. The third-order valence-corrected chi connectivity index (χ3v) is 4.18. The number of carbonyl (C=O) groups excluding carboxylic acids is 1. The molecule has 1 amide bonds. The summed E-state index contributed by atoms with van der Waals surface area (Å²) in [6, 6.07) is 10.4. The van der Waals surface area contributed by atoms with E-state index in [4.69, 9.17) is 9.84 Å². The van der Waals surface area contributed by atoms with Crippen LogP contribution in [-0.4, -0.2) is 23.6 Å². The fourth-order valence-electron chi connectivity index (χ4n) is 2.09. The number of nitrogens with one attached hydrogen (secondary N) is 1. The summed E-state index contributed by atoms with van der Waals surface area (Å²) in [6.07, 6.45) is -0.0474. The highest BCUT2D eigenvalue weighted by Gasteiger charge is 2.10. The Morgan fingerprint density at radius 1 is 1.17 bits per heavy atom. The minimum atomic E-state index is -0.893. The van der Waals surface area contributed by atoms with Gasteiger partial charge in [-0.1, -0.05) is 28.1 Å². The van der Waals surface area contributed by atoms with E-state index in [0.717, 1.165) is 14.5 Å². The Morgan fingerprint density at radius 3 is 2.42 bits per heavy atom. The number of anilines is 1. The van der Waals surface area contributed by atoms with Gasteiger partial charge in [-0.3, -0.25) is 9.59 Å². The molecule has 0 aliphatic carbocycles. The Bertz CT molecular complexity index is 737. The summed E-state index contributed by atoms with van der Waals surface area (Å²) in [5, 5.41) is 11.4. The van der Waals surface area contributed by atoms with Gasteiger partial charge in [0.1, 0.15) is 5.75 Å². The Hall–Kier alpha value is -1.86. The van der Waals surface area contributed by atoms with Gasteiger partial charge < -0.3 is 15.2 Å². The second-order valence-electron chi connectivity index (χ2n) is 5.14. The second-order valence-corrected chi connectivity index (χ2v) is 6.91. The molecule has 0 fully saturated rings. The van der Waals surface area contributed by atoms with Crippen molar-refractivity contribution in [3.8, 4) is 5.75 Å². The van der Waals surface area contributed by atoms with E-state index in [2.05, 4.69) is 37.2 Å². The maximum absolute atomic E-state index is 12.0. The molecule has 0 aromatic heterocycles. The van der Waals surface area contributed by atoms with Gasteiger partial charge in [0.25, 0.3) is 5.91 Å². The van der Waals surface area contributed by atoms with Crippen molar-refractivity contribution < 1.29 is 19.4 Å². The van der Waals surface area contributed by atoms with Crippen molar-refractivity contribution in [3.05, 3.63) is 56.5 Å². The molecular weight excluding hydrogens is 442 g/mol. The fourth-order valence-corrected chi connectivity index (χ4v) is 3.64. The van der Waals surface area contributed by atoms with Crippen LogP contribution in [0.5, 0.6) is 5.75 Å². The largest absolute Gasteiger partial charge is 0.482 e. The van der Waals surface area contributed by atoms with Crippen molar-refractivity contribution in [2.45, 2.75) is 13.3 Å². The van der Waals surface area contributed by atoms with Gasteiger partial charge in [-0.2, -0.15) is 0 Å². The van der Waals surface area contributed by atoms with E-state index in [9.17, 15) is 9.59 Å². The number of carboxylic acids is 1. The summed E-state index contributed by atoms with van der Waals surface area (Å²) in [6.45, 7) is 1.77. The van der Waals surface area contributed by atoms with Gasteiger partial charge in [0.05, 0.1) is 10.9 Å². The molecule has 0 atom stereocenters. The number of carbonyl (C=O) groups is 2. The lowest BCUT2D eigenvalue weighted by Crippen LogP contribution is -2.20. The lowest BCUT2D eigenvalue weighted by Gasteiger charge is -2.12. The highest BCUT2D eigenvalue weighted by molar-refractivity contribution is 9.11. The Balaban J connectivity index is 1.93. The van der Waals surface area contributed by atoms with Crippen molar-refractivity contribution in [3.63, 3.8) is 0 Å². The third kappa shape index (κ3) is 5.35. The van der Waals surface area contributed by atoms with Crippen LogP contribution in [0.3, 0.4) is 0 Å². The highest BCUT2D eigenvalue weighted by Crippen LogP contribution is 2.32. The molecule has 0 unspecified atom stereocenters. The first-order valence-corrected chi connectivity index (χ1v) is 8.63. The van der Waals surface area contributed by atoms with E-state index in [1.54, 1.807) is 24.3 Å². The second kappa shape index (κ2) is 8.30. The van der Waals surface area contributed by atoms with Gasteiger partial charge in [-0.25, -0.2) is 0 Å². The number of hydrogen-bond donors (Lipinski definition) is 2. The average molecular weight is 457 g/mol. The first-order valence-electron chi connectivity index (χ1n) is 7.04. The zero-order chi connectivity index (χ0) is 17.7. The number of ether oxygens (including phenoxy) is 1.